The first-order chi connectivity index (χ1) is 17.1. The summed E-state index contributed by atoms with van der Waals surface area (Å²) in [5, 5.41) is 19.6. The summed E-state index contributed by atoms with van der Waals surface area (Å²) in [7, 11) is 2.74. The number of aromatic nitrogens is 4. The van der Waals surface area contributed by atoms with Crippen LogP contribution in [0.1, 0.15) is 5.69 Å². The van der Waals surface area contributed by atoms with E-state index in [0.717, 1.165) is 28.0 Å². The predicted molar refractivity (Wildman–Crippen MR) is 141 cm³/mol. The minimum atomic E-state index is -1.31. The Labute approximate surface area is 230 Å². The van der Waals surface area contributed by atoms with Crippen LogP contribution in [0.15, 0.2) is 36.6 Å². The zero-order valence-electron chi connectivity index (χ0n) is 19.0. The van der Waals surface area contributed by atoms with Gasteiger partial charge in [0.05, 0.1) is 0 Å². The van der Waals surface area contributed by atoms with E-state index in [1.165, 1.54) is 36.0 Å². The lowest BCUT2D eigenvalue weighted by molar-refractivity contribution is -0.150. The van der Waals surface area contributed by atoms with Gasteiger partial charge in [-0.3, -0.25) is 33.9 Å². The molecule has 15 nitrogen and oxygen atoms in total. The molecule has 1 fully saturated rings. The summed E-state index contributed by atoms with van der Waals surface area (Å²) >= 11 is 3.41. The topological polar surface area (TPSA) is 215 Å². The molecule has 0 spiro atoms. The lowest BCUT2D eigenvalue weighted by atomic mass is 10.0. The fraction of sp³-hybridized carbons (Fsp3) is 0.333. The number of carbonyl (C=O) groups excluding carboxylic acids is 2. The Morgan fingerprint density at radius 2 is 2.11 bits per heavy atom. The first-order valence-corrected chi connectivity index (χ1v) is 12.9. The van der Waals surface area contributed by atoms with Crippen molar-refractivity contribution in [2.75, 3.05) is 24.3 Å². The predicted octanol–water partition coefficient (Wildman–Crippen LogP) is -1.03. The number of halogens is 1. The summed E-state index contributed by atoms with van der Waals surface area (Å²) in [4.78, 5) is 74.3. The van der Waals surface area contributed by atoms with Crippen LogP contribution in [0.3, 0.4) is 0 Å². The number of hydrogen-bond acceptors (Lipinski definition) is 13. The number of aliphatic carboxylic acids is 1. The first-order valence-electron chi connectivity index (χ1n) is 9.96. The minimum absolute atomic E-state index is 0. The molecule has 2 amide bonds. The van der Waals surface area contributed by atoms with Crippen LogP contribution in [0.2, 0.25) is 0 Å². The highest BCUT2D eigenvalue weighted by Crippen LogP contribution is 2.41. The number of nitrogens with one attached hydrogen (secondary N) is 2. The van der Waals surface area contributed by atoms with Gasteiger partial charge >= 0.3 is 17.1 Å². The standard InChI is InChI=1S/C18H18N8O7S3.BrH/c1-25-18(22-12(28)13(29)23-25)36-4-6-3-34-15-9(14(30)26(15)10(6)16(31)32)21-11(27)8(24-33-2)7-5-35-17(19)20-7;/h5,9,15H,3-4H2,1-2H3,(H2,19,20)(H,21,27)(H,23,29)(H,31,32);1H/b24-8-;/t9-,15-;/m1./s1. The number of amides is 2. The van der Waals surface area contributed by atoms with E-state index in [0.29, 0.717) is 5.57 Å². The van der Waals surface area contributed by atoms with Gasteiger partial charge in [0.25, 0.3) is 11.8 Å². The highest BCUT2D eigenvalue weighted by molar-refractivity contribution is 8.93. The number of anilines is 1. The Balaban J connectivity index is 0.00000380. The van der Waals surface area contributed by atoms with Gasteiger partial charge in [0.2, 0.25) is 0 Å². The lowest BCUT2D eigenvalue weighted by Crippen LogP contribution is -2.71. The number of carboxylic acids is 1. The fourth-order valence-corrected chi connectivity index (χ4v) is 6.39. The lowest BCUT2D eigenvalue weighted by Gasteiger charge is -2.49. The molecule has 19 heteroatoms. The maximum Gasteiger partial charge on any atom is 0.352 e. The number of H-pyrrole nitrogens is 1. The number of thiazole rings is 1. The van der Waals surface area contributed by atoms with E-state index in [9.17, 15) is 29.1 Å². The number of carboxylic acid groups (broad SMARTS) is 1. The fourth-order valence-electron chi connectivity index (χ4n) is 3.44. The Hall–Kier alpha value is -3.16. The molecule has 0 aromatic carbocycles. The summed E-state index contributed by atoms with van der Waals surface area (Å²) in [5.74, 6) is -2.30. The average molecular weight is 636 g/mol. The van der Waals surface area contributed by atoms with Crippen LogP contribution in [0.5, 0.6) is 0 Å². The normalized spacial score (nSPS) is 19.0. The number of fused-ring (bicyclic) bond motifs is 1. The molecule has 0 saturated carbocycles. The molecular formula is C18H19BrN8O7S3. The highest BCUT2D eigenvalue weighted by atomic mass is 79.9. The second kappa shape index (κ2) is 11.5. The van der Waals surface area contributed by atoms with E-state index in [-0.39, 0.29) is 55.9 Å². The number of nitrogens with two attached hydrogens (primary N) is 1. The Morgan fingerprint density at radius 1 is 1.38 bits per heavy atom. The van der Waals surface area contributed by atoms with E-state index in [4.69, 9.17) is 10.6 Å². The van der Waals surface area contributed by atoms with Gasteiger partial charge in [-0.2, -0.15) is 4.98 Å². The first kappa shape index (κ1) is 28.4. The summed E-state index contributed by atoms with van der Waals surface area (Å²) in [5.41, 5.74) is 4.00. The summed E-state index contributed by atoms with van der Waals surface area (Å²) in [6.07, 6.45) is 0. The number of nitrogens with zero attached hydrogens (tertiary/aromatic N) is 5. The zero-order valence-corrected chi connectivity index (χ0v) is 23.2. The van der Waals surface area contributed by atoms with Crippen molar-refractivity contribution in [3.05, 3.63) is 43.1 Å². The number of aryl methyl sites for hydroxylation is 1. The van der Waals surface area contributed by atoms with Crippen LogP contribution in [0.4, 0.5) is 5.13 Å². The number of carbonyl (C=O) groups is 3. The van der Waals surface area contributed by atoms with E-state index >= 15 is 0 Å². The van der Waals surface area contributed by atoms with Gasteiger partial charge in [-0.05, 0) is 5.57 Å². The second-order valence-electron chi connectivity index (χ2n) is 7.30. The monoisotopic (exact) mass is 634 g/mol. The minimum Gasteiger partial charge on any atom is -0.477 e. The van der Waals surface area contributed by atoms with Crippen LogP contribution in [-0.4, -0.2) is 83.3 Å². The van der Waals surface area contributed by atoms with Gasteiger partial charge < -0.3 is 21.0 Å². The molecule has 2 aromatic rings. The highest BCUT2D eigenvalue weighted by Gasteiger charge is 2.54. The quantitative estimate of drug-likeness (QED) is 0.0901. The number of β-lactam (4-membered cyclic amide) rings is 1. The Kier molecular flexibility index (Phi) is 8.82. The van der Waals surface area contributed by atoms with Crippen molar-refractivity contribution in [2.45, 2.75) is 16.6 Å². The van der Waals surface area contributed by atoms with Crippen LogP contribution in [0.25, 0.3) is 0 Å². The number of aromatic amines is 1. The van der Waals surface area contributed by atoms with E-state index in [1.54, 1.807) is 0 Å². The van der Waals surface area contributed by atoms with Crippen LogP contribution < -0.4 is 22.2 Å². The molecule has 2 aliphatic heterocycles. The van der Waals surface area contributed by atoms with Gasteiger partial charge in [0.15, 0.2) is 16.0 Å². The third-order valence-electron chi connectivity index (χ3n) is 5.02. The molecule has 5 N–H and O–H groups in total. The van der Waals surface area contributed by atoms with Crippen molar-refractivity contribution in [1.29, 1.82) is 0 Å². The Morgan fingerprint density at radius 3 is 2.73 bits per heavy atom. The Bertz CT molecular complexity index is 1430. The van der Waals surface area contributed by atoms with Crippen LogP contribution in [0, 0.1) is 0 Å². The van der Waals surface area contributed by atoms with E-state index in [1.807, 2.05) is 0 Å². The van der Waals surface area contributed by atoms with Crippen molar-refractivity contribution >= 4 is 80.5 Å². The number of hydrogen-bond donors (Lipinski definition) is 4. The van der Waals surface area contributed by atoms with Crippen molar-refractivity contribution in [3.63, 3.8) is 0 Å². The molecule has 0 bridgehead atoms. The number of nitrogen functional groups attached to an aromatic ring is 1. The molecule has 0 radical (unpaired) electrons. The second-order valence-corrected chi connectivity index (χ2v) is 10.2. The van der Waals surface area contributed by atoms with E-state index < -0.39 is 40.3 Å². The van der Waals surface area contributed by atoms with Gasteiger partial charge in [0.1, 0.15) is 29.9 Å². The van der Waals surface area contributed by atoms with Crippen LogP contribution >= 0.6 is 51.8 Å². The van der Waals surface area contributed by atoms with E-state index in [2.05, 4.69) is 25.5 Å². The molecular weight excluding hydrogens is 616 g/mol. The van der Waals surface area contributed by atoms with Crippen molar-refractivity contribution in [2.24, 2.45) is 12.2 Å². The van der Waals surface area contributed by atoms with Crippen LogP contribution in [-0.2, 0) is 26.3 Å². The molecule has 2 atom stereocenters. The maximum atomic E-state index is 12.9. The molecule has 4 rings (SSSR count). The summed E-state index contributed by atoms with van der Waals surface area (Å²) in [6, 6.07) is -0.995. The molecule has 1 saturated heterocycles. The molecule has 4 heterocycles. The van der Waals surface area contributed by atoms with Crippen molar-refractivity contribution in [1.82, 2.24) is 30.0 Å². The molecule has 0 aliphatic carbocycles. The zero-order chi connectivity index (χ0) is 26.1. The number of rotatable bonds is 8. The molecule has 37 heavy (non-hydrogen) atoms. The van der Waals surface area contributed by atoms with Gasteiger partial charge in [-0.1, -0.05) is 16.9 Å². The van der Waals surface area contributed by atoms with Gasteiger partial charge in [-0.25, -0.2) is 9.78 Å². The van der Waals surface area contributed by atoms with Crippen molar-refractivity contribution in [3.8, 4) is 0 Å². The summed E-state index contributed by atoms with van der Waals surface area (Å²) in [6.45, 7) is 0. The number of thioether (sulfide) groups is 2. The molecule has 2 aromatic heterocycles. The third kappa shape index (κ3) is 5.58. The average Bonchev–Trinajstić information content (AvgIpc) is 3.27. The number of oxime groups is 1. The van der Waals surface area contributed by atoms with Gasteiger partial charge in [-0.15, -0.1) is 40.1 Å². The summed E-state index contributed by atoms with van der Waals surface area (Å²) < 4.78 is 1.25. The van der Waals surface area contributed by atoms with Gasteiger partial charge in [0, 0.05) is 23.9 Å². The third-order valence-corrected chi connectivity index (χ3v) is 8.15. The molecule has 198 valence electrons. The smallest absolute Gasteiger partial charge is 0.352 e. The van der Waals surface area contributed by atoms with Crippen molar-refractivity contribution < 1.29 is 24.3 Å². The molecule has 2 aliphatic rings. The SMILES string of the molecule is Br.CO/N=C(\C(=O)N[C@@H]1C(=O)N2C(C(=O)O)=C(CSc3nc(=O)c(=O)[nH]n3C)CS[C@H]12)c1csc(N)n1. The molecule has 0 unspecified atom stereocenters. The maximum absolute atomic E-state index is 12.9. The largest absolute Gasteiger partial charge is 0.477 e.